The molecule has 5 amide bonds. The number of carbonyl (C=O) groups excluding carboxylic acids is 10. The van der Waals surface area contributed by atoms with Crippen molar-refractivity contribution >= 4 is 81.7 Å². The topological polar surface area (TPSA) is 597 Å². The van der Waals surface area contributed by atoms with Crippen LogP contribution in [0.5, 0.6) is 86.2 Å². The monoisotopic (exact) mass is 1980 g/mol. The number of phenols is 3. The second-order valence-electron chi connectivity index (χ2n) is 38.8. The van der Waals surface area contributed by atoms with Gasteiger partial charge in [0.05, 0.1) is 58.0 Å². The predicted molar refractivity (Wildman–Crippen MR) is 472 cm³/mol. The average molecular weight is 1980 g/mol. The molecule has 0 aromatic heterocycles. The molecule has 5 saturated heterocycles. The quantitative estimate of drug-likeness (QED) is 0.0515. The number of fused-ring (bicyclic) bond motifs is 26. The third-order valence-corrected chi connectivity index (χ3v) is 26.3. The zero-order valence-corrected chi connectivity index (χ0v) is 78.9. The van der Waals surface area contributed by atoms with E-state index in [1.807, 2.05) is 0 Å². The Hall–Kier alpha value is -13.4. The Morgan fingerprint density at radius 2 is 0.662 bits per heavy atom. The Morgan fingerprint density at radius 1 is 0.345 bits per heavy atom. The van der Waals surface area contributed by atoms with Crippen LogP contribution in [0.1, 0.15) is 190 Å². The van der Waals surface area contributed by atoms with Crippen LogP contribution >= 0.6 is 0 Å². The Balaban J connectivity index is 0.000000108. The molecule has 756 valence electrons. The number of hydrogen-bond donors (Lipinski definition) is 12. The predicted octanol–water partition coefficient (Wildman–Crippen LogP) is 3.78. The second-order valence-corrected chi connectivity index (χ2v) is 38.8. The average Bonchev–Trinajstić information content (AvgIpc) is 1.48. The molecule has 0 bridgehead atoms. The summed E-state index contributed by atoms with van der Waals surface area (Å²) in [5.74, 6) is -6.39. The van der Waals surface area contributed by atoms with Crippen molar-refractivity contribution in [2.24, 2.45) is 5.92 Å². The first-order valence-electron chi connectivity index (χ1n) is 45.6. The molecule has 142 heavy (non-hydrogen) atoms. The zero-order valence-electron chi connectivity index (χ0n) is 78.9. The molecule has 12 N–H and O–H groups in total. The van der Waals surface area contributed by atoms with E-state index in [2.05, 4.69) is 47.4 Å². The molecular formula is C96H101N5O41. The van der Waals surface area contributed by atoms with Gasteiger partial charge in [-0.2, -0.15) is 0 Å². The van der Waals surface area contributed by atoms with Crippen LogP contribution in [0.2, 0.25) is 0 Å². The standard InChI is InChI=1S/C21H21NO10.C21H21NO9.C19H19NO8.C17H17NO7.C14H13NO7.C4H10/c1-7(23)28-13-11-9(5-10-12(13)27-6-26-10)21-17(22-19(11)25)15-14(30-20(3,4)31-15)16(18(21)32-21)29-8(2)24;1-8(23)28-13-6-11-10-5-12-16(27-7-26-12)18(29-9(2)24)14(10)20(25)22-15(11)19-17(13)30-21(3,4)31-19;1-7(21)26-11-5-9-8-4-10-15(25-6-24-10)14(22)12(8)18(23)20-13(9)17-16(11)27-19(2,3)28-17;1-17(2)24-13-8(19)3-7-6-4-9-14(23-5-22-9)12(20)10(6)16(21)18-11(7)15(13)25-17;16-6-1-5-4-2-7-13(22-3-21-7)11(18)8(4)14(20)15-9(5)12(19)10(6)17;1-4(2)3/h5,14-18H,6H2,1-4H3,(H,22,25);5-6,13,15,17,19H,7H2,1-4H3,(H,22,25);4-5,11,13,16-17,22H,6H2,1-3H3,(H,20,23);3-4,8,11,13,15,19-20H,5H2,1-2H3,(H,18,21);1-2,6,9-10,12,16-19H,3H2,(H,15,20);4H,1-3H3/t14-,15+,16+,17-,18+,21?;13-,15+,17+,19-;11-,13+,16+,17-;8-,11+,13+,15-;6-,9+,10+,12-;/m00000./s1. The summed E-state index contributed by atoms with van der Waals surface area (Å²) in [4.78, 5) is 123. The first-order valence-corrected chi connectivity index (χ1v) is 45.6. The molecular weight excluding hydrogens is 1880 g/mol. The smallest absolute Gasteiger partial charge is 0.308 e. The van der Waals surface area contributed by atoms with Gasteiger partial charge in [0.2, 0.25) is 62.7 Å². The van der Waals surface area contributed by atoms with Crippen LogP contribution in [-0.4, -0.2) is 280 Å². The van der Waals surface area contributed by atoms with Gasteiger partial charge in [0.25, 0.3) is 29.5 Å². The molecule has 46 nitrogen and oxygen atoms in total. The lowest BCUT2D eigenvalue weighted by atomic mass is 9.71. The molecule has 20 aliphatic rings. The number of epoxide rings is 1. The number of carbonyl (C=O) groups is 10. The van der Waals surface area contributed by atoms with Crippen LogP contribution in [0.3, 0.4) is 0 Å². The SMILES string of the molecule is CC(=O)O[C@H]1C=C2c3cc4c(c(O)c3C(=O)N[C@H]2[C@@H]2OC(C)(C)O[C@@H]21)OCO4.CC(=O)Oc1c2c(cc3c1C(=O)N[C@@H]1C3=C[C@H](OC(C)=O)[C@H]3OC(C)(C)O[C@H]31)OCO2.CC(=O)Oc1c2c(cc3c1C(=O)N[C@H]1[C@@H]4OC(C)(C)O[C@@H]4[C@@H](OC(C)=O)[C@H]4OC341)OCO2.CC(C)C.CC1(C)O[C@@H]2[C@H](O1)[C@@H](O)C=C1c3cc4c(c(O)c3C(=O)N[C@H]12)OCO4.O=C1N[C@@H]2C(=C[C@H](O)[C@@H](O)[C@H]2O)c2cc3c(c(O)c21)OCO3. The van der Waals surface area contributed by atoms with Crippen LogP contribution in [0.15, 0.2) is 54.6 Å². The van der Waals surface area contributed by atoms with Gasteiger partial charge in [0.15, 0.2) is 86.7 Å². The Kier molecular flexibility index (Phi) is 23.5. The van der Waals surface area contributed by atoms with Gasteiger partial charge in [-0.3, -0.25) is 47.9 Å². The first-order chi connectivity index (χ1) is 67.1. The van der Waals surface area contributed by atoms with Gasteiger partial charge in [-0.1, -0.05) is 20.8 Å². The van der Waals surface area contributed by atoms with E-state index in [0.29, 0.717) is 73.1 Å². The number of benzene rings is 5. The molecule has 5 aromatic carbocycles. The number of nitrogens with one attached hydrogen (secondary N) is 5. The van der Waals surface area contributed by atoms with E-state index in [-0.39, 0.29) is 125 Å². The minimum Gasteiger partial charge on any atom is -0.504 e. The molecule has 22 atom stereocenters. The third-order valence-electron chi connectivity index (χ3n) is 26.3. The molecule has 6 fully saturated rings. The number of aliphatic hydroxyl groups is 4. The number of esters is 5. The van der Waals surface area contributed by atoms with E-state index in [1.54, 1.807) is 97.9 Å². The highest BCUT2D eigenvalue weighted by atomic mass is 16.8. The lowest BCUT2D eigenvalue weighted by Gasteiger charge is -2.42. The van der Waals surface area contributed by atoms with Crippen molar-refractivity contribution in [2.75, 3.05) is 34.0 Å². The van der Waals surface area contributed by atoms with Crippen LogP contribution < -0.4 is 83.4 Å². The number of aliphatic hydroxyl groups excluding tert-OH is 4. The van der Waals surface area contributed by atoms with Gasteiger partial charge in [-0.15, -0.1) is 0 Å². The van der Waals surface area contributed by atoms with Crippen LogP contribution in [0.4, 0.5) is 0 Å². The minimum absolute atomic E-state index is 0.00979. The number of ether oxygens (including phenoxy) is 24. The summed E-state index contributed by atoms with van der Waals surface area (Å²) in [6.07, 6.45) is -6.03. The van der Waals surface area contributed by atoms with Crippen LogP contribution in [-0.2, 0) is 86.4 Å². The number of phenolic OH excluding ortho intramolecular Hbond substituents is 3. The van der Waals surface area contributed by atoms with E-state index < -0.39 is 216 Å². The van der Waals surface area contributed by atoms with Crippen LogP contribution in [0.25, 0.3) is 22.3 Å². The fourth-order valence-electron chi connectivity index (χ4n) is 21.3. The first kappa shape index (κ1) is 96.1. The Bertz CT molecular complexity index is 6390. The van der Waals surface area contributed by atoms with Crippen molar-refractivity contribution in [3.63, 3.8) is 0 Å². The van der Waals surface area contributed by atoms with Crippen molar-refractivity contribution in [1.82, 2.24) is 26.6 Å². The molecule has 0 radical (unpaired) electrons. The summed E-state index contributed by atoms with van der Waals surface area (Å²) >= 11 is 0. The lowest BCUT2D eigenvalue weighted by molar-refractivity contribution is -0.171. The highest BCUT2D eigenvalue weighted by molar-refractivity contribution is 6.11. The summed E-state index contributed by atoms with van der Waals surface area (Å²) in [6, 6.07) is 5.06. The molecule has 46 heteroatoms. The number of rotatable bonds is 5. The van der Waals surface area contributed by atoms with E-state index >= 15 is 0 Å². The summed E-state index contributed by atoms with van der Waals surface area (Å²) in [5.41, 5.74) is 4.01. The summed E-state index contributed by atoms with van der Waals surface area (Å²) in [5, 5.41) is 85.5. The van der Waals surface area contributed by atoms with Crippen molar-refractivity contribution in [3.8, 4) is 86.2 Å². The molecule has 1 spiro atoms. The van der Waals surface area contributed by atoms with Gasteiger partial charge >= 0.3 is 29.8 Å². The fourth-order valence-corrected chi connectivity index (χ4v) is 21.3. The molecule has 25 rings (SSSR count). The number of amides is 5. The number of hydrogen-bond acceptors (Lipinski definition) is 41. The van der Waals surface area contributed by atoms with E-state index in [0.717, 1.165) is 5.92 Å². The largest absolute Gasteiger partial charge is 0.504 e. The fraction of sp³-hybridized carbons (Fsp3) is 0.500. The molecule has 1 saturated carbocycles. The molecule has 5 aliphatic carbocycles. The third kappa shape index (κ3) is 16.4. The van der Waals surface area contributed by atoms with E-state index in [4.69, 9.17) is 114 Å². The summed E-state index contributed by atoms with van der Waals surface area (Å²) in [7, 11) is 0. The van der Waals surface area contributed by atoms with Gasteiger partial charge in [0.1, 0.15) is 97.2 Å². The Morgan fingerprint density at radius 3 is 1.08 bits per heavy atom. The summed E-state index contributed by atoms with van der Waals surface area (Å²) in [6.45, 7) is 26.7. The second kappa shape index (κ2) is 34.8. The molecule has 15 heterocycles. The van der Waals surface area contributed by atoms with Crippen LogP contribution in [0, 0.1) is 5.92 Å². The molecule has 1 unspecified atom stereocenters. The van der Waals surface area contributed by atoms with E-state index in [1.165, 1.54) is 46.8 Å². The van der Waals surface area contributed by atoms with E-state index in [9.17, 15) is 83.7 Å². The van der Waals surface area contributed by atoms with Gasteiger partial charge in [-0.25, -0.2) is 0 Å². The van der Waals surface area contributed by atoms with Crippen molar-refractivity contribution < 1.29 is 197 Å². The zero-order chi connectivity index (χ0) is 101. The lowest BCUT2D eigenvalue weighted by Crippen LogP contribution is -2.65. The summed E-state index contributed by atoms with van der Waals surface area (Å²) < 4.78 is 135. The minimum atomic E-state index is -1.40. The maximum absolute atomic E-state index is 13.3. The van der Waals surface area contributed by atoms with Crippen molar-refractivity contribution in [3.05, 3.63) is 110 Å². The Labute approximate surface area is 806 Å². The molecule has 15 aliphatic heterocycles. The normalized spacial score (nSPS) is 32.0. The van der Waals surface area contributed by atoms with Gasteiger partial charge in [-0.05, 0) is 138 Å². The number of aromatic hydroxyl groups is 3. The maximum Gasteiger partial charge on any atom is 0.308 e. The highest BCUT2D eigenvalue weighted by Crippen LogP contribution is 2.65. The van der Waals surface area contributed by atoms with Gasteiger partial charge in [0, 0.05) is 62.4 Å². The van der Waals surface area contributed by atoms with Gasteiger partial charge < -0.3 is 176 Å². The molecule has 5 aromatic rings. The van der Waals surface area contributed by atoms with Crippen molar-refractivity contribution in [2.45, 2.75) is 267 Å². The maximum atomic E-state index is 13.3. The van der Waals surface area contributed by atoms with Crippen molar-refractivity contribution in [1.29, 1.82) is 0 Å². The highest BCUT2D eigenvalue weighted by Gasteiger charge is 2.79.